The molecule has 150 valence electrons. The Hall–Kier alpha value is -1.92. The molecule has 1 saturated carbocycles. The third-order valence-electron chi connectivity index (χ3n) is 6.09. The Morgan fingerprint density at radius 2 is 1.89 bits per heavy atom. The molecule has 28 heavy (non-hydrogen) atoms. The number of piperazine rings is 1. The predicted molar refractivity (Wildman–Crippen MR) is 122 cm³/mol. The van der Waals surface area contributed by atoms with E-state index in [9.17, 15) is 0 Å². The number of pyridine rings is 1. The maximum absolute atomic E-state index is 5.51. The number of aryl methyl sites for hydroxylation is 1. The van der Waals surface area contributed by atoms with E-state index in [0.29, 0.717) is 6.04 Å². The largest absolute Gasteiger partial charge is 0.360 e. The van der Waals surface area contributed by atoms with E-state index in [2.05, 4.69) is 58.5 Å². The number of benzene rings is 1. The highest BCUT2D eigenvalue weighted by Crippen LogP contribution is 2.26. The van der Waals surface area contributed by atoms with Crippen molar-refractivity contribution in [3.8, 4) is 0 Å². The van der Waals surface area contributed by atoms with Gasteiger partial charge in [-0.2, -0.15) is 0 Å². The van der Waals surface area contributed by atoms with Crippen LogP contribution in [0, 0.1) is 6.92 Å². The van der Waals surface area contributed by atoms with Gasteiger partial charge in [0.1, 0.15) is 5.82 Å². The highest BCUT2D eigenvalue weighted by molar-refractivity contribution is 7.80. The number of aromatic nitrogens is 1. The first-order valence-electron chi connectivity index (χ1n) is 10.6. The summed E-state index contributed by atoms with van der Waals surface area (Å²) in [5, 5.41) is 8.71. The molecule has 1 aliphatic heterocycles. The number of likely N-dealkylation sites (N-methyl/N-ethyl adjacent to an activating group) is 1. The highest BCUT2D eigenvalue weighted by Gasteiger charge is 2.18. The Bertz CT molecular complexity index is 838. The van der Waals surface area contributed by atoms with Crippen LogP contribution in [0.2, 0.25) is 0 Å². The zero-order chi connectivity index (χ0) is 19.5. The molecule has 2 N–H and O–H groups in total. The van der Waals surface area contributed by atoms with Gasteiger partial charge in [0, 0.05) is 43.3 Å². The lowest BCUT2D eigenvalue weighted by molar-refractivity contribution is 0.270. The topological polar surface area (TPSA) is 43.4 Å². The van der Waals surface area contributed by atoms with Crippen molar-refractivity contribution in [2.24, 2.45) is 0 Å². The summed E-state index contributed by atoms with van der Waals surface area (Å²) in [7, 11) is 0. The third-order valence-corrected chi connectivity index (χ3v) is 6.31. The summed E-state index contributed by atoms with van der Waals surface area (Å²) in [6.45, 7) is 9.86. The molecule has 2 fully saturated rings. The lowest BCUT2D eigenvalue weighted by Gasteiger charge is -2.35. The van der Waals surface area contributed by atoms with Gasteiger partial charge in [0.25, 0.3) is 0 Å². The molecular formula is C22H31N5S. The second-order valence-electron chi connectivity index (χ2n) is 8.03. The standard InChI is InChI=1S/C22H31N5S/c1-3-26-10-12-27(13-11-26)21-14-16(2)19-15-18(8-9-20(19)25-21)24-22(28)23-17-6-4-5-7-17/h8-9,14-15,17H,3-7,10-13H2,1-2H3,(H2,23,24,28). The van der Waals surface area contributed by atoms with Gasteiger partial charge in [-0.15, -0.1) is 0 Å². The van der Waals surface area contributed by atoms with E-state index in [0.717, 1.165) is 54.9 Å². The average molecular weight is 398 g/mol. The fraction of sp³-hybridized carbons (Fsp3) is 0.545. The van der Waals surface area contributed by atoms with Crippen LogP contribution in [-0.4, -0.2) is 53.8 Å². The minimum atomic E-state index is 0.527. The van der Waals surface area contributed by atoms with Crippen molar-refractivity contribution in [1.29, 1.82) is 0 Å². The summed E-state index contributed by atoms with van der Waals surface area (Å²) in [6.07, 6.45) is 5.05. The third kappa shape index (κ3) is 4.39. The molecule has 1 aliphatic carbocycles. The predicted octanol–water partition coefficient (Wildman–Crippen LogP) is 3.91. The SMILES string of the molecule is CCN1CCN(c2cc(C)c3cc(NC(=S)NC4CCCC4)ccc3n2)CC1. The Morgan fingerprint density at radius 3 is 2.61 bits per heavy atom. The molecule has 2 aromatic rings. The van der Waals surface area contributed by atoms with Gasteiger partial charge in [-0.3, -0.25) is 0 Å². The second-order valence-corrected chi connectivity index (χ2v) is 8.44. The van der Waals surface area contributed by atoms with Crippen molar-refractivity contribution >= 4 is 39.7 Å². The fourth-order valence-electron chi connectivity index (χ4n) is 4.33. The molecule has 2 heterocycles. The van der Waals surface area contributed by atoms with Crippen molar-refractivity contribution in [3.05, 3.63) is 29.8 Å². The van der Waals surface area contributed by atoms with Crippen LogP contribution in [0.5, 0.6) is 0 Å². The van der Waals surface area contributed by atoms with Crippen LogP contribution < -0.4 is 15.5 Å². The molecule has 1 aromatic carbocycles. The van der Waals surface area contributed by atoms with Gasteiger partial charge in [0.2, 0.25) is 0 Å². The van der Waals surface area contributed by atoms with Gasteiger partial charge in [-0.05, 0) is 68.4 Å². The van der Waals surface area contributed by atoms with Crippen LogP contribution >= 0.6 is 12.2 Å². The van der Waals surface area contributed by atoms with Crippen LogP contribution in [-0.2, 0) is 0 Å². The number of nitrogens with zero attached hydrogens (tertiary/aromatic N) is 3. The van der Waals surface area contributed by atoms with E-state index in [1.165, 1.54) is 36.6 Å². The van der Waals surface area contributed by atoms with Gasteiger partial charge < -0.3 is 20.4 Å². The zero-order valence-electron chi connectivity index (χ0n) is 17.0. The molecule has 1 aromatic heterocycles. The zero-order valence-corrected chi connectivity index (χ0v) is 17.8. The molecule has 0 amide bonds. The van der Waals surface area contributed by atoms with E-state index < -0.39 is 0 Å². The summed E-state index contributed by atoms with van der Waals surface area (Å²) in [5.74, 6) is 1.10. The number of hydrogen-bond donors (Lipinski definition) is 2. The van der Waals surface area contributed by atoms with E-state index in [4.69, 9.17) is 17.2 Å². The van der Waals surface area contributed by atoms with Gasteiger partial charge in [0.15, 0.2) is 5.11 Å². The summed E-state index contributed by atoms with van der Waals surface area (Å²) in [4.78, 5) is 9.84. The second kappa shape index (κ2) is 8.62. The molecule has 2 aliphatic rings. The molecule has 0 spiro atoms. The first kappa shape index (κ1) is 19.4. The van der Waals surface area contributed by atoms with E-state index >= 15 is 0 Å². The van der Waals surface area contributed by atoms with Gasteiger partial charge >= 0.3 is 0 Å². The quantitative estimate of drug-likeness (QED) is 0.763. The smallest absolute Gasteiger partial charge is 0.170 e. The van der Waals surface area contributed by atoms with Crippen molar-refractivity contribution in [2.45, 2.75) is 45.6 Å². The van der Waals surface area contributed by atoms with E-state index in [1.807, 2.05) is 0 Å². The van der Waals surface area contributed by atoms with Gasteiger partial charge in [0.05, 0.1) is 5.52 Å². The molecular weight excluding hydrogens is 366 g/mol. The summed E-state index contributed by atoms with van der Waals surface area (Å²) in [6, 6.07) is 9.10. The maximum Gasteiger partial charge on any atom is 0.170 e. The monoisotopic (exact) mass is 397 g/mol. The molecule has 0 atom stereocenters. The Labute approximate surface area is 173 Å². The molecule has 4 rings (SSSR count). The number of fused-ring (bicyclic) bond motifs is 1. The Balaban J connectivity index is 1.47. The summed E-state index contributed by atoms with van der Waals surface area (Å²) >= 11 is 5.51. The summed E-state index contributed by atoms with van der Waals surface area (Å²) < 4.78 is 0. The molecule has 6 heteroatoms. The van der Waals surface area contributed by atoms with Gasteiger partial charge in [-0.25, -0.2) is 4.98 Å². The van der Waals surface area contributed by atoms with Crippen molar-refractivity contribution < 1.29 is 0 Å². The lowest BCUT2D eigenvalue weighted by atomic mass is 10.1. The van der Waals surface area contributed by atoms with Crippen LogP contribution in [0.3, 0.4) is 0 Å². The lowest BCUT2D eigenvalue weighted by Crippen LogP contribution is -2.46. The molecule has 5 nitrogen and oxygen atoms in total. The number of nitrogens with one attached hydrogen (secondary N) is 2. The Kier molecular flexibility index (Phi) is 5.97. The minimum absolute atomic E-state index is 0.527. The van der Waals surface area contributed by atoms with Crippen LogP contribution in [0.15, 0.2) is 24.3 Å². The van der Waals surface area contributed by atoms with Crippen molar-refractivity contribution in [3.63, 3.8) is 0 Å². The van der Waals surface area contributed by atoms with Crippen LogP contribution in [0.1, 0.15) is 38.2 Å². The normalized spacial score (nSPS) is 18.6. The van der Waals surface area contributed by atoms with Crippen LogP contribution in [0.4, 0.5) is 11.5 Å². The number of rotatable bonds is 4. The van der Waals surface area contributed by atoms with Crippen molar-refractivity contribution in [1.82, 2.24) is 15.2 Å². The first-order valence-corrected chi connectivity index (χ1v) is 11.0. The molecule has 0 bridgehead atoms. The molecule has 1 saturated heterocycles. The van der Waals surface area contributed by atoms with E-state index in [-0.39, 0.29) is 0 Å². The molecule has 0 radical (unpaired) electrons. The molecule has 0 unspecified atom stereocenters. The number of hydrogen-bond acceptors (Lipinski definition) is 4. The number of anilines is 2. The van der Waals surface area contributed by atoms with Gasteiger partial charge in [-0.1, -0.05) is 19.8 Å². The van der Waals surface area contributed by atoms with E-state index in [1.54, 1.807) is 0 Å². The highest BCUT2D eigenvalue weighted by atomic mass is 32.1. The van der Waals surface area contributed by atoms with Crippen LogP contribution in [0.25, 0.3) is 10.9 Å². The number of thiocarbonyl (C=S) groups is 1. The maximum atomic E-state index is 5.51. The summed E-state index contributed by atoms with van der Waals surface area (Å²) in [5.41, 5.74) is 3.33. The minimum Gasteiger partial charge on any atom is -0.360 e. The first-order chi connectivity index (χ1) is 13.6. The fourth-order valence-corrected chi connectivity index (χ4v) is 4.62. The Morgan fingerprint density at radius 1 is 1.14 bits per heavy atom. The van der Waals surface area contributed by atoms with Crippen molar-refractivity contribution in [2.75, 3.05) is 42.9 Å². The average Bonchev–Trinajstić information content (AvgIpc) is 3.21.